The van der Waals surface area contributed by atoms with Gasteiger partial charge in [-0.3, -0.25) is 0 Å². The molecule has 0 aliphatic rings. The Kier molecular flexibility index (Phi) is 4.86. The molecule has 2 aromatic carbocycles. The van der Waals surface area contributed by atoms with Crippen LogP contribution in [0.3, 0.4) is 0 Å². The van der Waals surface area contributed by atoms with E-state index in [1.54, 1.807) is 24.3 Å². The van der Waals surface area contributed by atoms with E-state index in [-0.39, 0.29) is 17.9 Å². The van der Waals surface area contributed by atoms with E-state index in [9.17, 15) is 13.9 Å². The first-order valence-corrected chi connectivity index (χ1v) is 6.91. The lowest BCUT2D eigenvalue weighted by molar-refractivity contribution is 0.142. The molecule has 0 aromatic heterocycles. The molecule has 2 unspecified atom stereocenters. The molecule has 2 rings (SSSR count). The lowest BCUT2D eigenvalue weighted by atomic mass is 9.89. The maximum Gasteiger partial charge on any atom is 0.130 e. The Morgan fingerprint density at radius 1 is 1.10 bits per heavy atom. The quantitative estimate of drug-likeness (QED) is 0.893. The van der Waals surface area contributed by atoms with Crippen molar-refractivity contribution in [1.29, 1.82) is 0 Å². The summed E-state index contributed by atoms with van der Waals surface area (Å²) in [6.07, 6.45) is -1.11. The van der Waals surface area contributed by atoms with Crippen LogP contribution in [0.1, 0.15) is 23.1 Å². The van der Waals surface area contributed by atoms with E-state index in [1.165, 1.54) is 18.2 Å². The molecule has 2 atom stereocenters. The Balaban J connectivity index is 2.39. The number of hydrogen-bond donors (Lipinski definition) is 2. The van der Waals surface area contributed by atoms with Gasteiger partial charge >= 0.3 is 0 Å². The van der Waals surface area contributed by atoms with E-state index in [0.717, 1.165) is 0 Å². The van der Waals surface area contributed by atoms with Crippen LogP contribution in [0.4, 0.5) is 8.78 Å². The fourth-order valence-corrected chi connectivity index (χ4v) is 2.73. The highest BCUT2D eigenvalue weighted by Gasteiger charge is 2.26. The Morgan fingerprint density at radius 3 is 2.30 bits per heavy atom. The van der Waals surface area contributed by atoms with Crippen molar-refractivity contribution >= 4 is 15.9 Å². The minimum absolute atomic E-state index is 0.119. The molecule has 2 aromatic rings. The van der Waals surface area contributed by atoms with Crippen molar-refractivity contribution in [2.75, 3.05) is 6.54 Å². The number of rotatable bonds is 4. The molecule has 0 saturated heterocycles. The zero-order chi connectivity index (χ0) is 14.7. The molecule has 0 amide bonds. The zero-order valence-electron chi connectivity index (χ0n) is 10.6. The van der Waals surface area contributed by atoms with Crippen molar-refractivity contribution in [3.8, 4) is 0 Å². The second-order valence-electron chi connectivity index (χ2n) is 4.47. The average molecular weight is 342 g/mol. The predicted molar refractivity (Wildman–Crippen MR) is 77.3 cm³/mol. The average Bonchev–Trinajstić information content (AvgIpc) is 2.41. The van der Waals surface area contributed by atoms with Crippen molar-refractivity contribution in [1.82, 2.24) is 0 Å². The van der Waals surface area contributed by atoms with Crippen molar-refractivity contribution in [3.05, 3.63) is 69.7 Å². The van der Waals surface area contributed by atoms with Crippen LogP contribution in [0, 0.1) is 11.6 Å². The molecule has 0 bridgehead atoms. The van der Waals surface area contributed by atoms with Crippen LogP contribution >= 0.6 is 15.9 Å². The van der Waals surface area contributed by atoms with Gasteiger partial charge in [-0.15, -0.1) is 0 Å². The summed E-state index contributed by atoms with van der Waals surface area (Å²) in [5, 5.41) is 10.4. The van der Waals surface area contributed by atoms with Gasteiger partial charge in [0, 0.05) is 22.5 Å². The topological polar surface area (TPSA) is 46.2 Å². The number of aliphatic hydroxyl groups is 1. The van der Waals surface area contributed by atoms with Crippen molar-refractivity contribution < 1.29 is 13.9 Å². The van der Waals surface area contributed by atoms with E-state index in [0.29, 0.717) is 10.0 Å². The first-order valence-electron chi connectivity index (χ1n) is 6.12. The van der Waals surface area contributed by atoms with Gasteiger partial charge in [0.05, 0.1) is 6.10 Å². The summed E-state index contributed by atoms with van der Waals surface area (Å²) >= 11 is 3.23. The summed E-state index contributed by atoms with van der Waals surface area (Å²) in [6, 6.07) is 10.2. The smallest absolute Gasteiger partial charge is 0.130 e. The largest absolute Gasteiger partial charge is 0.388 e. The Bertz CT molecular complexity index is 569. The molecule has 106 valence electrons. The summed E-state index contributed by atoms with van der Waals surface area (Å²) in [5.41, 5.74) is 6.51. The number of nitrogens with two attached hydrogens (primary N) is 1. The fourth-order valence-electron chi connectivity index (χ4n) is 2.15. The summed E-state index contributed by atoms with van der Waals surface area (Å²) in [5.74, 6) is -1.39. The maximum atomic E-state index is 13.9. The van der Waals surface area contributed by atoms with Crippen LogP contribution < -0.4 is 5.73 Å². The monoisotopic (exact) mass is 341 g/mol. The first-order chi connectivity index (χ1) is 9.54. The molecule has 0 spiro atoms. The highest BCUT2D eigenvalue weighted by atomic mass is 79.9. The van der Waals surface area contributed by atoms with Gasteiger partial charge < -0.3 is 10.8 Å². The third kappa shape index (κ3) is 3.06. The van der Waals surface area contributed by atoms with Gasteiger partial charge in [0.2, 0.25) is 0 Å². The molecule has 0 saturated carbocycles. The first kappa shape index (κ1) is 15.1. The molecule has 5 heteroatoms. The van der Waals surface area contributed by atoms with Gasteiger partial charge in [0.25, 0.3) is 0 Å². The zero-order valence-corrected chi connectivity index (χ0v) is 12.1. The molecule has 20 heavy (non-hydrogen) atoms. The second kappa shape index (κ2) is 6.43. The van der Waals surface area contributed by atoms with Crippen molar-refractivity contribution in [3.63, 3.8) is 0 Å². The van der Waals surface area contributed by atoms with Crippen molar-refractivity contribution in [2.45, 2.75) is 12.0 Å². The normalized spacial score (nSPS) is 14.1. The number of halogens is 3. The standard InChI is InChI=1S/C15H14BrF2NO/c16-12-2-1-3-13(18)14(12)15(20)11(8-19)9-4-6-10(17)7-5-9/h1-7,11,15,20H,8,19H2. The van der Waals surface area contributed by atoms with Gasteiger partial charge in [-0.2, -0.15) is 0 Å². The lowest BCUT2D eigenvalue weighted by Crippen LogP contribution is -2.21. The Morgan fingerprint density at radius 2 is 1.75 bits per heavy atom. The van der Waals surface area contributed by atoms with E-state index in [4.69, 9.17) is 5.73 Å². The lowest BCUT2D eigenvalue weighted by Gasteiger charge is -2.23. The summed E-state index contributed by atoms with van der Waals surface area (Å²) < 4.78 is 27.3. The molecule has 2 nitrogen and oxygen atoms in total. The van der Waals surface area contributed by atoms with Crippen LogP contribution in [0.25, 0.3) is 0 Å². The molecule has 0 aliphatic heterocycles. The van der Waals surface area contributed by atoms with Gasteiger partial charge in [-0.05, 0) is 29.8 Å². The molecular formula is C15H14BrF2NO. The van der Waals surface area contributed by atoms with Crippen LogP contribution in [0.5, 0.6) is 0 Å². The van der Waals surface area contributed by atoms with Crippen LogP contribution in [-0.4, -0.2) is 11.7 Å². The Labute approximate surface area is 124 Å². The van der Waals surface area contributed by atoms with Crippen molar-refractivity contribution in [2.24, 2.45) is 5.73 Å². The third-order valence-electron chi connectivity index (χ3n) is 3.23. The summed E-state index contributed by atoms with van der Waals surface area (Å²) in [4.78, 5) is 0. The van der Waals surface area contributed by atoms with E-state index >= 15 is 0 Å². The van der Waals surface area contributed by atoms with Crippen LogP contribution in [0.15, 0.2) is 46.9 Å². The predicted octanol–water partition coefficient (Wildman–Crippen LogP) is 3.50. The third-order valence-corrected chi connectivity index (χ3v) is 3.92. The molecule has 0 aliphatic carbocycles. The van der Waals surface area contributed by atoms with E-state index in [1.807, 2.05) is 0 Å². The minimum Gasteiger partial charge on any atom is -0.388 e. The SMILES string of the molecule is NCC(c1ccc(F)cc1)C(O)c1c(F)cccc1Br. The van der Waals surface area contributed by atoms with Crippen LogP contribution in [-0.2, 0) is 0 Å². The number of benzene rings is 2. The minimum atomic E-state index is -1.11. The fraction of sp³-hybridized carbons (Fsp3) is 0.200. The van der Waals surface area contributed by atoms with E-state index in [2.05, 4.69) is 15.9 Å². The highest BCUT2D eigenvalue weighted by Crippen LogP contribution is 2.35. The molecule has 0 radical (unpaired) electrons. The molecule has 3 N–H and O–H groups in total. The van der Waals surface area contributed by atoms with Gasteiger partial charge in [0.1, 0.15) is 11.6 Å². The number of hydrogen-bond acceptors (Lipinski definition) is 2. The Hall–Kier alpha value is -1.30. The van der Waals surface area contributed by atoms with Gasteiger partial charge in [-0.1, -0.05) is 34.1 Å². The van der Waals surface area contributed by atoms with Gasteiger partial charge in [-0.25, -0.2) is 8.78 Å². The van der Waals surface area contributed by atoms with Crippen LogP contribution in [0.2, 0.25) is 0 Å². The molecule has 0 fully saturated rings. The van der Waals surface area contributed by atoms with Gasteiger partial charge in [0.15, 0.2) is 0 Å². The van der Waals surface area contributed by atoms with E-state index < -0.39 is 17.8 Å². The molecular weight excluding hydrogens is 328 g/mol. The number of aliphatic hydroxyl groups excluding tert-OH is 1. The highest BCUT2D eigenvalue weighted by molar-refractivity contribution is 9.10. The second-order valence-corrected chi connectivity index (χ2v) is 5.33. The maximum absolute atomic E-state index is 13.9. The summed E-state index contributed by atoms with van der Waals surface area (Å²) in [6.45, 7) is 0.119. The molecule has 0 heterocycles. The summed E-state index contributed by atoms with van der Waals surface area (Å²) in [7, 11) is 0.